The van der Waals surface area contributed by atoms with Crippen LogP contribution in [0.5, 0.6) is 5.75 Å². The molecule has 0 atom stereocenters. The topological polar surface area (TPSA) is 110 Å². The lowest BCUT2D eigenvalue weighted by atomic mass is 10.2. The van der Waals surface area contributed by atoms with E-state index in [1.165, 1.54) is 16.8 Å². The van der Waals surface area contributed by atoms with E-state index in [2.05, 4.69) is 16.3 Å². The molecule has 0 unspecified atom stereocenters. The number of nitrogens with zero attached hydrogens (tertiary/aromatic N) is 5. The van der Waals surface area contributed by atoms with Gasteiger partial charge in [-0.05, 0) is 55.5 Å². The Labute approximate surface area is 183 Å². The Bertz CT molecular complexity index is 1060. The third-order valence-corrected chi connectivity index (χ3v) is 5.23. The first-order valence-electron chi connectivity index (χ1n) is 9.53. The summed E-state index contributed by atoms with van der Waals surface area (Å²) >= 11 is 1.13. The lowest BCUT2D eigenvalue weighted by Crippen LogP contribution is -2.33. The molecule has 1 amide bonds. The highest BCUT2D eigenvalue weighted by Gasteiger charge is 2.19. The molecule has 3 aromatic rings. The SMILES string of the molecule is CCOc1ccc(N(CCC#N)C(=O)CSc2nnc(-c3ccc(F)cc3)n2N)cc1. The van der Waals surface area contributed by atoms with Gasteiger partial charge in [-0.15, -0.1) is 10.2 Å². The van der Waals surface area contributed by atoms with E-state index >= 15 is 0 Å². The first kappa shape index (κ1) is 22.1. The van der Waals surface area contributed by atoms with Gasteiger partial charge in [0.15, 0.2) is 5.82 Å². The summed E-state index contributed by atoms with van der Waals surface area (Å²) in [4.78, 5) is 14.4. The van der Waals surface area contributed by atoms with Crippen molar-refractivity contribution in [1.29, 1.82) is 5.26 Å². The van der Waals surface area contributed by atoms with E-state index in [1.54, 1.807) is 41.3 Å². The van der Waals surface area contributed by atoms with Crippen LogP contribution in [-0.2, 0) is 4.79 Å². The fourth-order valence-corrected chi connectivity index (χ4v) is 3.56. The maximum absolute atomic E-state index is 13.1. The van der Waals surface area contributed by atoms with E-state index in [-0.39, 0.29) is 30.4 Å². The van der Waals surface area contributed by atoms with Crippen LogP contribution in [-0.4, -0.2) is 39.7 Å². The highest BCUT2D eigenvalue weighted by molar-refractivity contribution is 7.99. The number of nitrogen functional groups attached to an aromatic ring is 1. The Morgan fingerprint density at radius 1 is 1.23 bits per heavy atom. The van der Waals surface area contributed by atoms with Crippen LogP contribution >= 0.6 is 11.8 Å². The maximum atomic E-state index is 13.1. The van der Waals surface area contributed by atoms with Gasteiger partial charge in [0.05, 0.1) is 24.8 Å². The number of benzene rings is 2. The highest BCUT2D eigenvalue weighted by atomic mass is 32.2. The summed E-state index contributed by atoms with van der Waals surface area (Å²) in [5.74, 6) is 6.63. The standard InChI is InChI=1S/C21H21FN6O2S/c1-2-30-18-10-8-17(9-11-18)27(13-3-12-23)19(29)14-31-21-26-25-20(28(21)24)15-4-6-16(22)7-5-15/h4-11H,2-3,13-14,24H2,1H3. The molecule has 160 valence electrons. The Morgan fingerprint density at radius 2 is 1.94 bits per heavy atom. The fourth-order valence-electron chi connectivity index (χ4n) is 2.82. The van der Waals surface area contributed by atoms with Gasteiger partial charge in [-0.3, -0.25) is 4.79 Å². The number of carbonyl (C=O) groups excluding carboxylic acids is 1. The summed E-state index contributed by atoms with van der Waals surface area (Å²) in [7, 11) is 0. The Kier molecular flexibility index (Phi) is 7.45. The number of ether oxygens (including phenoxy) is 1. The summed E-state index contributed by atoms with van der Waals surface area (Å²) in [6, 6.07) is 14.9. The molecule has 0 radical (unpaired) electrons. The van der Waals surface area contributed by atoms with Gasteiger partial charge in [0.1, 0.15) is 11.6 Å². The second-order valence-corrected chi connectivity index (χ2v) is 7.29. The molecule has 0 fully saturated rings. The normalized spacial score (nSPS) is 10.5. The van der Waals surface area contributed by atoms with Crippen molar-refractivity contribution >= 4 is 23.4 Å². The van der Waals surface area contributed by atoms with E-state index < -0.39 is 0 Å². The number of nitriles is 1. The zero-order valence-corrected chi connectivity index (χ0v) is 17.7. The summed E-state index contributed by atoms with van der Waals surface area (Å²) in [6.07, 6.45) is 0.200. The van der Waals surface area contributed by atoms with Crippen LogP contribution < -0.4 is 15.5 Å². The van der Waals surface area contributed by atoms with E-state index in [1.807, 2.05) is 6.92 Å². The molecule has 0 saturated heterocycles. The van der Waals surface area contributed by atoms with Gasteiger partial charge in [0.25, 0.3) is 0 Å². The van der Waals surface area contributed by atoms with E-state index in [9.17, 15) is 9.18 Å². The molecular formula is C21H21FN6O2S. The molecule has 0 aliphatic heterocycles. The lowest BCUT2D eigenvalue weighted by Gasteiger charge is -2.22. The zero-order chi connectivity index (χ0) is 22.2. The number of thioether (sulfide) groups is 1. The Morgan fingerprint density at radius 3 is 2.58 bits per heavy atom. The van der Waals surface area contributed by atoms with Gasteiger partial charge in [-0.2, -0.15) is 5.26 Å². The van der Waals surface area contributed by atoms with Crippen LogP contribution in [0.25, 0.3) is 11.4 Å². The minimum Gasteiger partial charge on any atom is -0.494 e. The van der Waals surface area contributed by atoms with Crippen molar-refractivity contribution in [2.24, 2.45) is 0 Å². The van der Waals surface area contributed by atoms with Gasteiger partial charge in [-0.1, -0.05) is 11.8 Å². The Hall–Kier alpha value is -3.58. The molecular weight excluding hydrogens is 419 g/mol. The van der Waals surface area contributed by atoms with Crippen molar-refractivity contribution in [2.75, 3.05) is 29.6 Å². The maximum Gasteiger partial charge on any atom is 0.237 e. The number of amides is 1. The zero-order valence-electron chi connectivity index (χ0n) is 16.9. The molecule has 1 aromatic heterocycles. The average Bonchev–Trinajstić information content (AvgIpc) is 3.14. The number of halogens is 1. The fraction of sp³-hybridized carbons (Fsp3) is 0.238. The van der Waals surface area contributed by atoms with Crippen LogP contribution in [0, 0.1) is 17.1 Å². The van der Waals surface area contributed by atoms with Crippen LogP contribution in [0.4, 0.5) is 10.1 Å². The molecule has 10 heteroatoms. The Balaban J connectivity index is 1.71. The molecule has 0 bridgehead atoms. The van der Waals surface area contributed by atoms with Gasteiger partial charge >= 0.3 is 0 Å². The van der Waals surface area contributed by atoms with Gasteiger partial charge in [0.2, 0.25) is 11.1 Å². The van der Waals surface area contributed by atoms with Crippen LogP contribution in [0.3, 0.4) is 0 Å². The van der Waals surface area contributed by atoms with Crippen molar-refractivity contribution in [3.8, 4) is 23.2 Å². The van der Waals surface area contributed by atoms with E-state index in [0.717, 1.165) is 11.8 Å². The van der Waals surface area contributed by atoms with Crippen molar-refractivity contribution in [1.82, 2.24) is 14.9 Å². The lowest BCUT2D eigenvalue weighted by molar-refractivity contribution is -0.116. The molecule has 0 spiro atoms. The molecule has 3 rings (SSSR count). The third-order valence-electron chi connectivity index (χ3n) is 4.30. The molecule has 2 aromatic carbocycles. The van der Waals surface area contributed by atoms with Gasteiger partial charge < -0.3 is 15.5 Å². The molecule has 31 heavy (non-hydrogen) atoms. The van der Waals surface area contributed by atoms with Crippen LogP contribution in [0.1, 0.15) is 13.3 Å². The van der Waals surface area contributed by atoms with Gasteiger partial charge in [0, 0.05) is 17.8 Å². The predicted molar refractivity (Wildman–Crippen MR) is 116 cm³/mol. The van der Waals surface area contributed by atoms with Crippen LogP contribution in [0.15, 0.2) is 53.7 Å². The largest absolute Gasteiger partial charge is 0.494 e. The van der Waals surface area contributed by atoms with Crippen molar-refractivity contribution < 1.29 is 13.9 Å². The summed E-state index contributed by atoms with van der Waals surface area (Å²) in [5, 5.41) is 17.4. The number of aromatic nitrogens is 3. The van der Waals surface area contributed by atoms with Crippen molar-refractivity contribution in [2.45, 2.75) is 18.5 Å². The molecule has 0 aliphatic carbocycles. The summed E-state index contributed by atoms with van der Waals surface area (Å²) in [5.41, 5.74) is 1.28. The number of hydrogen-bond acceptors (Lipinski definition) is 7. The second-order valence-electron chi connectivity index (χ2n) is 6.35. The molecule has 8 nitrogen and oxygen atoms in total. The van der Waals surface area contributed by atoms with E-state index in [4.69, 9.17) is 15.8 Å². The first-order chi connectivity index (χ1) is 15.0. The minimum absolute atomic E-state index is 0.0530. The van der Waals surface area contributed by atoms with Crippen molar-refractivity contribution in [3.63, 3.8) is 0 Å². The number of anilines is 1. The molecule has 1 heterocycles. The average molecular weight is 441 g/mol. The molecule has 2 N–H and O–H groups in total. The second kappa shape index (κ2) is 10.4. The highest BCUT2D eigenvalue weighted by Crippen LogP contribution is 2.24. The predicted octanol–water partition coefficient (Wildman–Crippen LogP) is 3.24. The van der Waals surface area contributed by atoms with Crippen molar-refractivity contribution in [3.05, 3.63) is 54.3 Å². The number of nitrogens with two attached hydrogens (primary N) is 1. The smallest absolute Gasteiger partial charge is 0.237 e. The van der Waals surface area contributed by atoms with E-state index in [0.29, 0.717) is 34.6 Å². The number of carbonyl (C=O) groups is 1. The van der Waals surface area contributed by atoms with Gasteiger partial charge in [-0.25, -0.2) is 9.07 Å². The molecule has 0 saturated carbocycles. The monoisotopic (exact) mass is 440 g/mol. The molecule has 0 aliphatic rings. The number of hydrogen-bond donors (Lipinski definition) is 1. The minimum atomic E-state index is -0.362. The van der Waals surface area contributed by atoms with Crippen LogP contribution in [0.2, 0.25) is 0 Å². The third kappa shape index (κ3) is 5.52. The quantitative estimate of drug-likeness (QED) is 0.402. The summed E-state index contributed by atoms with van der Waals surface area (Å²) < 4.78 is 19.8. The number of rotatable bonds is 9. The summed E-state index contributed by atoms with van der Waals surface area (Å²) in [6.45, 7) is 2.71. The first-order valence-corrected chi connectivity index (χ1v) is 10.5.